The van der Waals surface area contributed by atoms with E-state index in [1.165, 1.54) is 18.2 Å². The summed E-state index contributed by atoms with van der Waals surface area (Å²) in [5.74, 6) is -0.583. The smallest absolute Gasteiger partial charge is 0.318 e. The van der Waals surface area contributed by atoms with Crippen molar-refractivity contribution in [2.45, 2.75) is 53.2 Å². The summed E-state index contributed by atoms with van der Waals surface area (Å²) in [7, 11) is 3.88. The van der Waals surface area contributed by atoms with Crippen molar-refractivity contribution in [2.24, 2.45) is 5.92 Å². The highest BCUT2D eigenvalue weighted by atomic mass is 19.1. The predicted molar refractivity (Wildman–Crippen MR) is 129 cm³/mol. The summed E-state index contributed by atoms with van der Waals surface area (Å²) < 4.78 is 13.5. The lowest BCUT2D eigenvalue weighted by Crippen LogP contribution is -2.48. The third-order valence-electron chi connectivity index (χ3n) is 5.38. The van der Waals surface area contributed by atoms with Gasteiger partial charge < -0.3 is 20.4 Å². The van der Waals surface area contributed by atoms with Crippen molar-refractivity contribution < 1.29 is 14.0 Å². The number of hydrogen-bond acceptors (Lipinski definition) is 3. The molecule has 1 atom stereocenters. The van der Waals surface area contributed by atoms with Crippen LogP contribution in [0.2, 0.25) is 0 Å². The molecule has 2 N–H and O–H groups in total. The zero-order valence-corrected chi connectivity index (χ0v) is 20.1. The Morgan fingerprint density at radius 1 is 1.00 bits per heavy atom. The molecule has 0 unspecified atom stereocenters. The molecular formula is C25H35FN4O2. The van der Waals surface area contributed by atoms with E-state index in [1.54, 1.807) is 12.1 Å². The molecule has 0 saturated heterocycles. The van der Waals surface area contributed by atoms with Gasteiger partial charge in [0.25, 0.3) is 5.91 Å². The maximum absolute atomic E-state index is 13.5. The van der Waals surface area contributed by atoms with E-state index in [2.05, 4.69) is 24.5 Å². The number of carbonyl (C=O) groups excluding carboxylic acids is 2. The summed E-state index contributed by atoms with van der Waals surface area (Å²) in [5, 5.41) is 5.82. The minimum Gasteiger partial charge on any atom is -0.377 e. The number of rotatable bonds is 8. The maximum atomic E-state index is 13.5. The number of anilines is 2. The normalized spacial score (nSPS) is 11.9. The summed E-state index contributed by atoms with van der Waals surface area (Å²) >= 11 is 0. The molecular weight excluding hydrogens is 407 g/mol. The lowest BCUT2D eigenvalue weighted by Gasteiger charge is -2.34. The van der Waals surface area contributed by atoms with Crippen molar-refractivity contribution in [1.29, 1.82) is 0 Å². The third kappa shape index (κ3) is 6.70. The van der Waals surface area contributed by atoms with Crippen molar-refractivity contribution in [2.75, 3.05) is 24.3 Å². The monoisotopic (exact) mass is 442 g/mol. The first-order chi connectivity index (χ1) is 15.0. The fraction of sp³-hybridized carbons (Fsp3) is 0.440. The summed E-state index contributed by atoms with van der Waals surface area (Å²) in [6, 6.07) is 11.1. The van der Waals surface area contributed by atoms with Gasteiger partial charge in [-0.2, -0.15) is 0 Å². The average Bonchev–Trinajstić information content (AvgIpc) is 2.70. The Bertz CT molecular complexity index is 943. The first-order valence-corrected chi connectivity index (χ1v) is 10.9. The maximum Gasteiger partial charge on any atom is 0.318 e. The number of amides is 3. The van der Waals surface area contributed by atoms with Gasteiger partial charge in [-0.1, -0.05) is 19.9 Å². The summed E-state index contributed by atoms with van der Waals surface area (Å²) in [5.41, 5.74) is 2.68. The molecule has 0 aromatic heterocycles. The van der Waals surface area contributed by atoms with Crippen LogP contribution in [0, 0.1) is 11.7 Å². The van der Waals surface area contributed by atoms with Crippen LogP contribution < -0.4 is 15.5 Å². The molecule has 0 bridgehead atoms. The van der Waals surface area contributed by atoms with Crippen LogP contribution in [0.25, 0.3) is 0 Å². The first-order valence-electron chi connectivity index (χ1n) is 10.9. The van der Waals surface area contributed by atoms with Gasteiger partial charge in [0.15, 0.2) is 0 Å². The molecule has 32 heavy (non-hydrogen) atoms. The zero-order chi connectivity index (χ0) is 24.0. The number of carbonyl (C=O) groups is 2. The molecule has 6 nitrogen and oxygen atoms in total. The fourth-order valence-electron chi connectivity index (χ4n) is 3.33. The van der Waals surface area contributed by atoms with E-state index in [4.69, 9.17) is 0 Å². The number of hydrogen-bond donors (Lipinski definition) is 2. The SMILES string of the molecule is CC(C)NC(=O)N(Cc1cc(NC(=O)c2cccc(F)c2)ccc1N(C)C)[C@H](C)C(C)C. The molecule has 2 aromatic rings. The Labute approximate surface area is 190 Å². The minimum absolute atomic E-state index is 0.00861. The molecule has 0 aliphatic heterocycles. The van der Waals surface area contributed by atoms with Crippen LogP contribution in [-0.4, -0.2) is 43.0 Å². The zero-order valence-electron chi connectivity index (χ0n) is 20.1. The van der Waals surface area contributed by atoms with Crippen molar-refractivity contribution in [3.8, 4) is 0 Å². The van der Waals surface area contributed by atoms with Crippen LogP contribution in [0.4, 0.5) is 20.6 Å². The van der Waals surface area contributed by atoms with Crippen LogP contribution in [0.3, 0.4) is 0 Å². The van der Waals surface area contributed by atoms with E-state index in [0.717, 1.165) is 11.3 Å². The van der Waals surface area contributed by atoms with Gasteiger partial charge in [0.2, 0.25) is 0 Å². The predicted octanol–water partition coefficient (Wildman–Crippen LogP) is 5.11. The topological polar surface area (TPSA) is 64.7 Å². The molecule has 0 aliphatic carbocycles. The first kappa shape index (κ1) is 25.2. The third-order valence-corrected chi connectivity index (χ3v) is 5.38. The van der Waals surface area contributed by atoms with Gasteiger partial charge in [-0.25, -0.2) is 9.18 Å². The second kappa shape index (κ2) is 11.0. The molecule has 2 aromatic carbocycles. The molecule has 2 rings (SSSR count). The number of nitrogens with one attached hydrogen (secondary N) is 2. The Morgan fingerprint density at radius 3 is 2.25 bits per heavy atom. The van der Waals surface area contributed by atoms with E-state index >= 15 is 0 Å². The van der Waals surface area contributed by atoms with E-state index in [9.17, 15) is 14.0 Å². The Morgan fingerprint density at radius 2 is 1.69 bits per heavy atom. The van der Waals surface area contributed by atoms with Gasteiger partial charge in [0.1, 0.15) is 5.82 Å². The van der Waals surface area contributed by atoms with E-state index in [-0.39, 0.29) is 29.6 Å². The van der Waals surface area contributed by atoms with Crippen LogP contribution in [0.15, 0.2) is 42.5 Å². The second-order valence-electron chi connectivity index (χ2n) is 8.92. The van der Waals surface area contributed by atoms with E-state index in [1.807, 2.05) is 56.8 Å². The van der Waals surface area contributed by atoms with Crippen LogP contribution in [0.5, 0.6) is 0 Å². The highest BCUT2D eigenvalue weighted by molar-refractivity contribution is 6.04. The standard InChI is InChI=1S/C25H35FN4O2/c1-16(2)18(5)30(25(32)27-17(3)4)15-20-14-22(11-12-23(20)29(6)7)28-24(31)19-9-8-10-21(26)13-19/h8-14,16-18H,15H2,1-7H3,(H,27,32)(H,28,31)/t18-/m1/s1. The molecule has 0 aliphatic rings. The quantitative estimate of drug-likeness (QED) is 0.597. The Kier molecular flexibility index (Phi) is 8.63. The lowest BCUT2D eigenvalue weighted by molar-refractivity contribution is 0.102. The molecule has 174 valence electrons. The van der Waals surface area contributed by atoms with Crippen molar-refractivity contribution in [3.05, 3.63) is 59.4 Å². The van der Waals surface area contributed by atoms with Gasteiger partial charge in [-0.3, -0.25) is 4.79 Å². The van der Waals surface area contributed by atoms with Gasteiger partial charge in [0.05, 0.1) is 0 Å². The molecule has 0 radical (unpaired) electrons. The molecule has 3 amide bonds. The molecule has 0 saturated carbocycles. The Balaban J connectivity index is 2.36. The van der Waals surface area contributed by atoms with Crippen molar-refractivity contribution in [1.82, 2.24) is 10.2 Å². The van der Waals surface area contributed by atoms with Gasteiger partial charge in [-0.15, -0.1) is 0 Å². The summed E-state index contributed by atoms with van der Waals surface area (Å²) in [6.45, 7) is 10.5. The van der Waals surface area contributed by atoms with Crippen molar-refractivity contribution >= 4 is 23.3 Å². The lowest BCUT2D eigenvalue weighted by atomic mass is 10.0. The summed E-state index contributed by atoms with van der Waals surface area (Å²) in [6.07, 6.45) is 0. The van der Waals surface area contributed by atoms with Gasteiger partial charge in [-0.05, 0) is 68.7 Å². The van der Waals surface area contributed by atoms with E-state index in [0.29, 0.717) is 12.2 Å². The van der Waals surface area contributed by atoms with Crippen molar-refractivity contribution in [3.63, 3.8) is 0 Å². The Hall–Kier alpha value is -3.09. The minimum atomic E-state index is -0.462. The molecule has 0 spiro atoms. The number of benzene rings is 2. The number of halogens is 1. The van der Waals surface area contributed by atoms with Gasteiger partial charge >= 0.3 is 6.03 Å². The largest absolute Gasteiger partial charge is 0.377 e. The van der Waals surface area contributed by atoms with Crippen LogP contribution in [0.1, 0.15) is 50.5 Å². The molecule has 7 heteroatoms. The average molecular weight is 443 g/mol. The van der Waals surface area contributed by atoms with Gasteiger partial charge in [0, 0.05) is 49.7 Å². The van der Waals surface area contributed by atoms with Crippen LogP contribution >= 0.6 is 0 Å². The van der Waals surface area contributed by atoms with Crippen LogP contribution in [-0.2, 0) is 6.54 Å². The summed E-state index contributed by atoms with van der Waals surface area (Å²) in [4.78, 5) is 29.3. The molecule has 0 heterocycles. The molecule has 0 fully saturated rings. The highest BCUT2D eigenvalue weighted by Crippen LogP contribution is 2.26. The number of nitrogens with zero attached hydrogens (tertiary/aromatic N) is 2. The second-order valence-corrected chi connectivity index (χ2v) is 8.92. The fourth-order valence-corrected chi connectivity index (χ4v) is 3.33. The van der Waals surface area contributed by atoms with E-state index < -0.39 is 11.7 Å². The highest BCUT2D eigenvalue weighted by Gasteiger charge is 2.25. The number of urea groups is 1.